The molecule has 0 saturated carbocycles. The zero-order chi connectivity index (χ0) is 15.4. The molecule has 0 unspecified atom stereocenters. The van der Waals surface area contributed by atoms with Crippen LogP contribution in [0, 0.1) is 5.82 Å². The summed E-state index contributed by atoms with van der Waals surface area (Å²) in [4.78, 5) is 0. The molecule has 2 nitrogen and oxygen atoms in total. The van der Waals surface area contributed by atoms with Crippen molar-refractivity contribution in [3.63, 3.8) is 0 Å². The molecule has 0 aliphatic rings. The van der Waals surface area contributed by atoms with Crippen LogP contribution in [0.1, 0.15) is 12.5 Å². The Hall–Kier alpha value is -0.590. The predicted octanol–water partition coefficient (Wildman–Crippen LogP) is 6.12. The molecule has 0 bridgehead atoms. The van der Waals surface area contributed by atoms with Crippen molar-refractivity contribution in [1.29, 1.82) is 0 Å². The Morgan fingerprint density at radius 2 is 1.76 bits per heavy atom. The van der Waals surface area contributed by atoms with Gasteiger partial charge in [0, 0.05) is 11.0 Å². The molecule has 0 saturated heterocycles. The van der Waals surface area contributed by atoms with Gasteiger partial charge in [0.2, 0.25) is 0 Å². The largest absolute Gasteiger partial charge is 0.492 e. The van der Waals surface area contributed by atoms with Crippen molar-refractivity contribution < 1.29 is 9.13 Å². The maximum absolute atomic E-state index is 13.7. The fraction of sp³-hybridized carbons (Fsp3) is 0.200. The van der Waals surface area contributed by atoms with Crippen LogP contribution in [0.2, 0.25) is 0 Å². The molecule has 112 valence electrons. The van der Waals surface area contributed by atoms with Crippen molar-refractivity contribution in [3.8, 4) is 5.75 Å². The van der Waals surface area contributed by atoms with E-state index in [2.05, 4.69) is 53.1 Å². The van der Waals surface area contributed by atoms with Crippen LogP contribution < -0.4 is 10.1 Å². The lowest BCUT2D eigenvalue weighted by molar-refractivity contribution is 0.336. The molecule has 0 aliphatic heterocycles. The number of hydrogen-bond donors (Lipinski definition) is 1. The molecule has 0 amide bonds. The van der Waals surface area contributed by atoms with Crippen molar-refractivity contribution in [2.75, 3.05) is 11.9 Å². The van der Waals surface area contributed by atoms with Gasteiger partial charge in [-0.05, 0) is 74.7 Å². The number of ether oxygens (including phenoxy) is 1. The topological polar surface area (TPSA) is 21.3 Å². The lowest BCUT2D eigenvalue weighted by Crippen LogP contribution is -2.02. The summed E-state index contributed by atoms with van der Waals surface area (Å²) in [6.07, 6.45) is 0. The normalized spacial score (nSPS) is 10.5. The van der Waals surface area contributed by atoms with Crippen molar-refractivity contribution >= 4 is 53.5 Å². The highest BCUT2D eigenvalue weighted by atomic mass is 79.9. The first kappa shape index (κ1) is 16.8. The first-order chi connectivity index (χ1) is 10.0. The monoisotopic (exact) mass is 479 g/mol. The molecule has 0 radical (unpaired) electrons. The molecular formula is C15H13Br3FNO. The van der Waals surface area contributed by atoms with E-state index in [1.54, 1.807) is 12.1 Å². The van der Waals surface area contributed by atoms with Crippen molar-refractivity contribution in [3.05, 3.63) is 55.1 Å². The highest BCUT2D eigenvalue weighted by Crippen LogP contribution is 2.35. The van der Waals surface area contributed by atoms with E-state index in [1.165, 1.54) is 6.07 Å². The molecule has 0 heterocycles. The van der Waals surface area contributed by atoms with Gasteiger partial charge in [-0.3, -0.25) is 0 Å². The second-order valence-corrected chi connectivity index (χ2v) is 6.92. The molecule has 2 rings (SSSR count). The van der Waals surface area contributed by atoms with Crippen LogP contribution in [0.4, 0.5) is 10.1 Å². The van der Waals surface area contributed by atoms with E-state index in [-0.39, 0.29) is 5.82 Å². The Morgan fingerprint density at radius 3 is 2.38 bits per heavy atom. The Balaban J connectivity index is 2.15. The summed E-state index contributed by atoms with van der Waals surface area (Å²) in [5.74, 6) is 0.497. The van der Waals surface area contributed by atoms with E-state index < -0.39 is 0 Å². The standard InChI is InChI=1S/C15H13Br3FNO/c1-2-21-15-11(17)5-9(6-12(15)18)8-20-14-7-10(16)3-4-13(14)19/h3-7,20H,2,8H2,1H3. The third-order valence-electron chi connectivity index (χ3n) is 2.76. The molecule has 0 spiro atoms. The van der Waals surface area contributed by atoms with Crippen molar-refractivity contribution in [2.24, 2.45) is 0 Å². The van der Waals surface area contributed by atoms with E-state index in [1.807, 2.05) is 19.1 Å². The first-order valence-electron chi connectivity index (χ1n) is 6.31. The molecule has 2 aromatic rings. The van der Waals surface area contributed by atoms with E-state index >= 15 is 0 Å². The average molecular weight is 482 g/mol. The van der Waals surface area contributed by atoms with Gasteiger partial charge in [-0.2, -0.15) is 0 Å². The molecule has 2 aromatic carbocycles. The minimum atomic E-state index is -0.276. The van der Waals surface area contributed by atoms with Crippen LogP contribution in [0.25, 0.3) is 0 Å². The van der Waals surface area contributed by atoms with E-state index in [9.17, 15) is 4.39 Å². The SMILES string of the molecule is CCOc1c(Br)cc(CNc2cc(Br)ccc2F)cc1Br. The van der Waals surface area contributed by atoms with Crippen LogP contribution in [0.15, 0.2) is 43.7 Å². The third-order valence-corrected chi connectivity index (χ3v) is 4.43. The van der Waals surface area contributed by atoms with Gasteiger partial charge in [0.15, 0.2) is 0 Å². The van der Waals surface area contributed by atoms with Gasteiger partial charge in [0.25, 0.3) is 0 Å². The van der Waals surface area contributed by atoms with Gasteiger partial charge >= 0.3 is 0 Å². The van der Waals surface area contributed by atoms with Crippen LogP contribution in [-0.2, 0) is 6.54 Å². The molecular weight excluding hydrogens is 469 g/mol. The molecule has 0 fully saturated rings. The average Bonchev–Trinajstić information content (AvgIpc) is 2.44. The summed E-state index contributed by atoms with van der Waals surface area (Å²) >= 11 is 10.3. The predicted molar refractivity (Wildman–Crippen MR) is 94.4 cm³/mol. The molecule has 0 aromatic heterocycles. The summed E-state index contributed by atoms with van der Waals surface area (Å²) in [6, 6.07) is 8.73. The van der Waals surface area contributed by atoms with Crippen molar-refractivity contribution in [2.45, 2.75) is 13.5 Å². The number of halogens is 4. The Bertz CT molecular complexity index is 626. The number of benzene rings is 2. The van der Waals surface area contributed by atoms with Gasteiger partial charge in [-0.25, -0.2) is 4.39 Å². The zero-order valence-corrected chi connectivity index (χ0v) is 16.0. The maximum atomic E-state index is 13.7. The minimum Gasteiger partial charge on any atom is -0.492 e. The van der Waals surface area contributed by atoms with Gasteiger partial charge in [0.05, 0.1) is 21.2 Å². The van der Waals surface area contributed by atoms with E-state index in [0.717, 1.165) is 24.7 Å². The molecule has 0 aliphatic carbocycles. The lowest BCUT2D eigenvalue weighted by Gasteiger charge is -2.12. The van der Waals surface area contributed by atoms with Crippen LogP contribution in [-0.4, -0.2) is 6.61 Å². The summed E-state index contributed by atoms with van der Waals surface area (Å²) in [6.45, 7) is 3.04. The fourth-order valence-corrected chi connectivity index (χ4v) is 3.70. The molecule has 21 heavy (non-hydrogen) atoms. The van der Waals surface area contributed by atoms with E-state index in [4.69, 9.17) is 4.74 Å². The quantitative estimate of drug-likeness (QED) is 0.555. The van der Waals surface area contributed by atoms with E-state index in [0.29, 0.717) is 18.8 Å². The lowest BCUT2D eigenvalue weighted by atomic mass is 10.2. The Morgan fingerprint density at radius 1 is 1.10 bits per heavy atom. The van der Waals surface area contributed by atoms with Gasteiger partial charge in [-0.15, -0.1) is 0 Å². The van der Waals surface area contributed by atoms with Crippen molar-refractivity contribution in [1.82, 2.24) is 0 Å². The number of anilines is 1. The molecule has 1 N–H and O–H groups in total. The van der Waals surface area contributed by atoms with Crippen LogP contribution in [0.5, 0.6) is 5.75 Å². The Kier molecular flexibility index (Phi) is 6.08. The first-order valence-corrected chi connectivity index (χ1v) is 8.68. The number of nitrogens with one attached hydrogen (secondary N) is 1. The highest BCUT2D eigenvalue weighted by molar-refractivity contribution is 9.11. The van der Waals surface area contributed by atoms with Gasteiger partial charge in [0.1, 0.15) is 11.6 Å². The minimum absolute atomic E-state index is 0.276. The van der Waals surface area contributed by atoms with Crippen LogP contribution in [0.3, 0.4) is 0 Å². The third kappa shape index (κ3) is 4.44. The summed E-state index contributed by atoms with van der Waals surface area (Å²) in [5.41, 5.74) is 1.47. The summed E-state index contributed by atoms with van der Waals surface area (Å²) in [7, 11) is 0. The number of hydrogen-bond acceptors (Lipinski definition) is 2. The smallest absolute Gasteiger partial charge is 0.147 e. The maximum Gasteiger partial charge on any atom is 0.147 e. The number of rotatable bonds is 5. The van der Waals surface area contributed by atoms with Crippen LogP contribution >= 0.6 is 47.8 Å². The zero-order valence-electron chi connectivity index (χ0n) is 11.2. The summed E-state index contributed by atoms with van der Waals surface area (Å²) in [5, 5.41) is 3.09. The second-order valence-electron chi connectivity index (χ2n) is 4.30. The highest BCUT2D eigenvalue weighted by Gasteiger charge is 2.09. The van der Waals surface area contributed by atoms with Gasteiger partial charge < -0.3 is 10.1 Å². The molecule has 6 heteroatoms. The van der Waals surface area contributed by atoms with Gasteiger partial charge in [-0.1, -0.05) is 15.9 Å². The fourth-order valence-electron chi connectivity index (χ4n) is 1.83. The second kappa shape index (κ2) is 7.61. The summed E-state index contributed by atoms with van der Waals surface area (Å²) < 4.78 is 21.8. The molecule has 0 atom stereocenters. The Labute approximate surface area is 148 Å².